The summed E-state index contributed by atoms with van der Waals surface area (Å²) < 4.78 is 1.58. The van der Waals surface area contributed by atoms with E-state index in [2.05, 4.69) is 0 Å². The number of carboxylic acid groups (broad SMARTS) is 1. The molecule has 0 aromatic carbocycles. The van der Waals surface area contributed by atoms with Gasteiger partial charge >= 0.3 is 10.8 Å². The molecule has 0 radical (unpaired) electrons. The largest absolute Gasteiger partial charge is 0.481 e. The maximum atomic E-state index is 12.0. The highest BCUT2D eigenvalue weighted by atomic mass is 32.1. The molecular weight excluding hydrogens is 268 g/mol. The molecule has 19 heavy (non-hydrogen) atoms. The minimum Gasteiger partial charge on any atom is -0.481 e. The summed E-state index contributed by atoms with van der Waals surface area (Å²) in [5.74, 6) is -1.38. The second-order valence-electron chi connectivity index (χ2n) is 4.71. The van der Waals surface area contributed by atoms with Gasteiger partial charge in [-0.05, 0) is 13.3 Å². The monoisotopic (exact) mass is 284 g/mol. The van der Waals surface area contributed by atoms with E-state index in [0.717, 1.165) is 17.0 Å². The van der Waals surface area contributed by atoms with Crippen molar-refractivity contribution in [1.29, 1.82) is 0 Å². The van der Waals surface area contributed by atoms with Crippen LogP contribution in [0.15, 0.2) is 10.2 Å². The summed E-state index contributed by atoms with van der Waals surface area (Å²) in [5.41, 5.74) is 0.854. The molecule has 1 aliphatic heterocycles. The molecular formula is C12H16N2O4S. The normalized spacial score (nSPS) is 18.8. The second kappa shape index (κ2) is 5.56. The Balaban J connectivity index is 1.89. The molecule has 1 aliphatic rings. The molecule has 1 aromatic rings. The highest BCUT2D eigenvalue weighted by Gasteiger charge is 2.30. The van der Waals surface area contributed by atoms with Gasteiger partial charge in [-0.1, -0.05) is 11.3 Å². The van der Waals surface area contributed by atoms with Crippen LogP contribution < -0.4 is 4.87 Å². The highest BCUT2D eigenvalue weighted by molar-refractivity contribution is 7.07. The van der Waals surface area contributed by atoms with Crippen molar-refractivity contribution in [2.24, 2.45) is 5.92 Å². The predicted octanol–water partition coefficient (Wildman–Crippen LogP) is 0.541. The first kappa shape index (κ1) is 13.8. The number of carbonyl (C=O) groups excluding carboxylic acids is 1. The van der Waals surface area contributed by atoms with Crippen LogP contribution in [0, 0.1) is 12.8 Å². The van der Waals surface area contributed by atoms with E-state index < -0.39 is 11.9 Å². The SMILES string of the molecule is Cc1csc(=O)n1CCC(=O)N1CCC(C(=O)O)C1. The fourth-order valence-electron chi connectivity index (χ4n) is 2.23. The third-order valence-electron chi connectivity index (χ3n) is 3.42. The minimum atomic E-state index is -0.847. The van der Waals surface area contributed by atoms with Crippen LogP contribution in [0.5, 0.6) is 0 Å². The fraction of sp³-hybridized carbons (Fsp3) is 0.583. The summed E-state index contributed by atoms with van der Waals surface area (Å²) in [5, 5.41) is 10.7. The summed E-state index contributed by atoms with van der Waals surface area (Å²) in [4.78, 5) is 35.8. The lowest BCUT2D eigenvalue weighted by atomic mass is 10.1. The molecule has 1 atom stereocenters. The van der Waals surface area contributed by atoms with Gasteiger partial charge < -0.3 is 14.6 Å². The number of thiazole rings is 1. The second-order valence-corrected chi connectivity index (χ2v) is 5.53. The Morgan fingerprint density at radius 1 is 1.53 bits per heavy atom. The zero-order valence-corrected chi connectivity index (χ0v) is 11.5. The predicted molar refractivity (Wildman–Crippen MR) is 70.3 cm³/mol. The smallest absolute Gasteiger partial charge is 0.308 e. The molecule has 1 aromatic heterocycles. The Kier molecular flexibility index (Phi) is 4.04. The van der Waals surface area contributed by atoms with Gasteiger partial charge in [0.25, 0.3) is 0 Å². The molecule has 1 fully saturated rings. The number of hydrogen-bond acceptors (Lipinski definition) is 4. The van der Waals surface area contributed by atoms with Crippen LogP contribution in [0.2, 0.25) is 0 Å². The Hall–Kier alpha value is -1.63. The van der Waals surface area contributed by atoms with Crippen LogP contribution in [-0.4, -0.2) is 39.5 Å². The van der Waals surface area contributed by atoms with Gasteiger partial charge in [0.1, 0.15) is 0 Å². The van der Waals surface area contributed by atoms with Gasteiger partial charge in [-0.2, -0.15) is 0 Å². The number of carboxylic acids is 1. The first-order valence-electron chi connectivity index (χ1n) is 6.14. The summed E-state index contributed by atoms with van der Waals surface area (Å²) >= 11 is 1.12. The number of nitrogens with zero attached hydrogens (tertiary/aromatic N) is 2. The molecule has 1 amide bonds. The topological polar surface area (TPSA) is 79.6 Å². The molecule has 0 spiro atoms. The molecule has 6 nitrogen and oxygen atoms in total. The first-order valence-corrected chi connectivity index (χ1v) is 7.02. The quantitative estimate of drug-likeness (QED) is 0.875. The van der Waals surface area contributed by atoms with E-state index in [1.807, 2.05) is 6.92 Å². The number of aryl methyl sites for hydroxylation is 1. The van der Waals surface area contributed by atoms with Gasteiger partial charge in [-0.25, -0.2) is 0 Å². The Labute approximate surface area is 114 Å². The maximum Gasteiger partial charge on any atom is 0.308 e. The van der Waals surface area contributed by atoms with E-state index in [1.165, 1.54) is 0 Å². The molecule has 104 valence electrons. The van der Waals surface area contributed by atoms with E-state index in [-0.39, 0.29) is 23.7 Å². The van der Waals surface area contributed by atoms with Crippen LogP contribution in [0.4, 0.5) is 0 Å². The van der Waals surface area contributed by atoms with E-state index in [4.69, 9.17) is 5.11 Å². The van der Waals surface area contributed by atoms with Gasteiger partial charge in [0.15, 0.2) is 0 Å². The van der Waals surface area contributed by atoms with Gasteiger partial charge in [0, 0.05) is 37.1 Å². The first-order chi connectivity index (χ1) is 8.99. The maximum absolute atomic E-state index is 12.0. The van der Waals surface area contributed by atoms with Gasteiger partial charge in [0.2, 0.25) is 5.91 Å². The summed E-state index contributed by atoms with van der Waals surface area (Å²) in [6, 6.07) is 0. The molecule has 7 heteroatoms. The summed E-state index contributed by atoms with van der Waals surface area (Å²) in [6.45, 7) is 2.97. The zero-order chi connectivity index (χ0) is 14.0. The van der Waals surface area contributed by atoms with Crippen molar-refractivity contribution in [2.45, 2.75) is 26.3 Å². The molecule has 0 aliphatic carbocycles. The lowest BCUT2D eigenvalue weighted by molar-refractivity contribution is -0.141. The highest BCUT2D eigenvalue weighted by Crippen LogP contribution is 2.17. The summed E-state index contributed by atoms with van der Waals surface area (Å²) in [7, 11) is 0. The molecule has 0 bridgehead atoms. The van der Waals surface area contributed by atoms with Crippen molar-refractivity contribution in [3.8, 4) is 0 Å². The Morgan fingerprint density at radius 2 is 2.26 bits per heavy atom. The van der Waals surface area contributed by atoms with Crippen molar-refractivity contribution < 1.29 is 14.7 Å². The summed E-state index contributed by atoms with van der Waals surface area (Å²) in [6.07, 6.45) is 0.752. The lowest BCUT2D eigenvalue weighted by Crippen LogP contribution is -2.31. The molecule has 1 saturated heterocycles. The molecule has 0 saturated carbocycles. The van der Waals surface area contributed by atoms with Crippen LogP contribution in [-0.2, 0) is 16.1 Å². The Morgan fingerprint density at radius 3 is 2.79 bits per heavy atom. The number of likely N-dealkylation sites (tertiary alicyclic amines) is 1. The van der Waals surface area contributed by atoms with Gasteiger partial charge in [-0.15, -0.1) is 0 Å². The molecule has 2 rings (SSSR count). The number of rotatable bonds is 4. The Bertz CT molecular complexity index is 548. The third kappa shape index (κ3) is 3.04. The molecule has 2 heterocycles. The van der Waals surface area contributed by atoms with Crippen molar-refractivity contribution in [2.75, 3.05) is 13.1 Å². The van der Waals surface area contributed by atoms with E-state index in [0.29, 0.717) is 19.5 Å². The van der Waals surface area contributed by atoms with Gasteiger partial charge in [0.05, 0.1) is 5.92 Å². The van der Waals surface area contributed by atoms with Crippen LogP contribution in [0.25, 0.3) is 0 Å². The van der Waals surface area contributed by atoms with Crippen molar-refractivity contribution in [3.63, 3.8) is 0 Å². The van der Waals surface area contributed by atoms with Crippen molar-refractivity contribution in [1.82, 2.24) is 9.47 Å². The van der Waals surface area contributed by atoms with Crippen LogP contribution in [0.1, 0.15) is 18.5 Å². The number of aliphatic carboxylic acids is 1. The lowest BCUT2D eigenvalue weighted by Gasteiger charge is -2.16. The van der Waals surface area contributed by atoms with Crippen molar-refractivity contribution >= 4 is 23.2 Å². The zero-order valence-electron chi connectivity index (χ0n) is 10.7. The van der Waals surface area contributed by atoms with Crippen molar-refractivity contribution in [3.05, 3.63) is 20.7 Å². The third-order valence-corrected chi connectivity index (χ3v) is 4.30. The standard InChI is InChI=1S/C12H16N2O4S/c1-8-7-19-12(18)14(8)5-3-10(15)13-4-2-9(6-13)11(16)17/h7,9H,2-6H2,1H3,(H,16,17). The number of aromatic nitrogens is 1. The fourth-order valence-corrected chi connectivity index (χ4v) is 2.99. The van der Waals surface area contributed by atoms with E-state index in [1.54, 1.807) is 14.8 Å². The van der Waals surface area contributed by atoms with E-state index >= 15 is 0 Å². The van der Waals surface area contributed by atoms with Crippen LogP contribution >= 0.6 is 11.3 Å². The molecule has 1 N–H and O–H groups in total. The minimum absolute atomic E-state index is 0.0601. The number of amides is 1. The average Bonchev–Trinajstić information content (AvgIpc) is 2.95. The number of carbonyl (C=O) groups is 2. The number of hydrogen-bond donors (Lipinski definition) is 1. The van der Waals surface area contributed by atoms with E-state index in [9.17, 15) is 14.4 Å². The van der Waals surface area contributed by atoms with Crippen LogP contribution in [0.3, 0.4) is 0 Å². The molecule has 1 unspecified atom stereocenters. The van der Waals surface area contributed by atoms with Gasteiger partial charge in [-0.3, -0.25) is 14.4 Å². The average molecular weight is 284 g/mol.